The van der Waals surface area contributed by atoms with E-state index in [4.69, 9.17) is 16.0 Å². The predicted molar refractivity (Wildman–Crippen MR) is 110 cm³/mol. The number of amides is 1. The van der Waals surface area contributed by atoms with Crippen molar-refractivity contribution in [2.24, 2.45) is 0 Å². The maximum absolute atomic E-state index is 12.6. The molecule has 7 nitrogen and oxygen atoms in total. The minimum Gasteiger partial charge on any atom is -0.454 e. The van der Waals surface area contributed by atoms with Gasteiger partial charge >= 0.3 is 0 Å². The molecule has 3 aromatic heterocycles. The van der Waals surface area contributed by atoms with Crippen LogP contribution in [0.2, 0.25) is 5.02 Å². The molecule has 0 bridgehead atoms. The minimum absolute atomic E-state index is 0.241. The third-order valence-electron chi connectivity index (χ3n) is 4.57. The van der Waals surface area contributed by atoms with Crippen LogP contribution in [0.1, 0.15) is 33.3 Å². The second-order valence-corrected chi connectivity index (χ2v) is 7.14. The standard InChI is InChI=1S/C21H20ClN5O2/c1-14-20(22)15(2)27(25-14)13-18-7-8-19(29-18)21(28)24-17-6-3-5-16(11-17)12-26-10-4-9-23-26/h3-11H,12-13H2,1-2H3,(H,24,28). The van der Waals surface area contributed by atoms with Crippen molar-refractivity contribution >= 4 is 23.2 Å². The van der Waals surface area contributed by atoms with E-state index in [1.165, 1.54) is 0 Å². The number of hydrogen-bond donors (Lipinski definition) is 1. The topological polar surface area (TPSA) is 77.9 Å². The summed E-state index contributed by atoms with van der Waals surface area (Å²) in [6.45, 7) is 4.79. The van der Waals surface area contributed by atoms with E-state index >= 15 is 0 Å². The molecule has 1 amide bonds. The summed E-state index contributed by atoms with van der Waals surface area (Å²) in [6.07, 6.45) is 3.63. The number of hydrogen-bond acceptors (Lipinski definition) is 4. The summed E-state index contributed by atoms with van der Waals surface area (Å²) in [5.74, 6) is 0.564. The van der Waals surface area contributed by atoms with Gasteiger partial charge in [-0.25, -0.2) is 0 Å². The third kappa shape index (κ3) is 4.25. The number of furan rings is 1. The van der Waals surface area contributed by atoms with Gasteiger partial charge in [-0.15, -0.1) is 0 Å². The van der Waals surface area contributed by atoms with Crippen molar-refractivity contribution in [3.8, 4) is 0 Å². The molecule has 0 fully saturated rings. The molecule has 148 valence electrons. The van der Waals surface area contributed by atoms with Gasteiger partial charge in [0.2, 0.25) is 0 Å². The van der Waals surface area contributed by atoms with Crippen molar-refractivity contribution in [2.75, 3.05) is 5.32 Å². The van der Waals surface area contributed by atoms with Crippen LogP contribution in [-0.2, 0) is 13.1 Å². The molecule has 29 heavy (non-hydrogen) atoms. The number of aromatic nitrogens is 4. The van der Waals surface area contributed by atoms with Gasteiger partial charge in [0, 0.05) is 18.1 Å². The molecule has 0 atom stereocenters. The van der Waals surface area contributed by atoms with Gasteiger partial charge in [-0.1, -0.05) is 23.7 Å². The highest BCUT2D eigenvalue weighted by Crippen LogP contribution is 2.21. The molecular formula is C21H20ClN5O2. The Hall–Kier alpha value is -3.32. The van der Waals surface area contributed by atoms with Crippen molar-refractivity contribution in [3.05, 3.63) is 88.4 Å². The monoisotopic (exact) mass is 409 g/mol. The van der Waals surface area contributed by atoms with Crippen LogP contribution >= 0.6 is 11.6 Å². The average molecular weight is 410 g/mol. The van der Waals surface area contributed by atoms with Crippen molar-refractivity contribution in [1.82, 2.24) is 19.6 Å². The molecular weight excluding hydrogens is 390 g/mol. The Balaban J connectivity index is 1.43. The molecule has 3 heterocycles. The lowest BCUT2D eigenvalue weighted by molar-refractivity contribution is 0.0994. The van der Waals surface area contributed by atoms with Crippen LogP contribution < -0.4 is 5.32 Å². The minimum atomic E-state index is -0.307. The molecule has 0 aliphatic heterocycles. The zero-order valence-corrected chi connectivity index (χ0v) is 16.8. The molecule has 0 saturated carbocycles. The number of nitrogens with one attached hydrogen (secondary N) is 1. The van der Waals surface area contributed by atoms with Gasteiger partial charge in [0.05, 0.1) is 29.5 Å². The van der Waals surface area contributed by atoms with Crippen molar-refractivity contribution in [1.29, 1.82) is 0 Å². The summed E-state index contributed by atoms with van der Waals surface area (Å²) in [7, 11) is 0. The summed E-state index contributed by atoms with van der Waals surface area (Å²) < 4.78 is 9.30. The average Bonchev–Trinajstić information content (AvgIpc) is 3.42. The smallest absolute Gasteiger partial charge is 0.291 e. The summed E-state index contributed by atoms with van der Waals surface area (Å²) in [4.78, 5) is 12.6. The maximum atomic E-state index is 12.6. The van der Waals surface area contributed by atoms with Crippen molar-refractivity contribution in [2.45, 2.75) is 26.9 Å². The van der Waals surface area contributed by atoms with E-state index < -0.39 is 0 Å². The number of nitrogens with zero attached hydrogens (tertiary/aromatic N) is 4. The Morgan fingerprint density at radius 3 is 2.76 bits per heavy atom. The summed E-state index contributed by atoms with van der Waals surface area (Å²) >= 11 is 6.18. The van der Waals surface area contributed by atoms with E-state index in [-0.39, 0.29) is 11.7 Å². The van der Waals surface area contributed by atoms with Gasteiger partial charge in [0.15, 0.2) is 5.76 Å². The highest BCUT2D eigenvalue weighted by molar-refractivity contribution is 6.31. The first-order valence-electron chi connectivity index (χ1n) is 9.15. The molecule has 0 saturated heterocycles. The van der Waals surface area contributed by atoms with Crippen LogP contribution in [0.4, 0.5) is 5.69 Å². The summed E-state index contributed by atoms with van der Waals surface area (Å²) in [5.41, 5.74) is 3.36. The Kier molecular flexibility index (Phi) is 5.22. The Bertz CT molecular complexity index is 1140. The maximum Gasteiger partial charge on any atom is 0.291 e. The summed E-state index contributed by atoms with van der Waals surface area (Å²) in [6, 6.07) is 12.9. The lowest BCUT2D eigenvalue weighted by Gasteiger charge is -2.07. The third-order valence-corrected chi connectivity index (χ3v) is 5.12. The number of halogens is 1. The largest absolute Gasteiger partial charge is 0.454 e. The van der Waals surface area contributed by atoms with Gasteiger partial charge in [0.1, 0.15) is 5.76 Å². The fraction of sp³-hybridized carbons (Fsp3) is 0.190. The molecule has 1 N–H and O–H groups in total. The van der Waals surface area contributed by atoms with Crippen molar-refractivity contribution in [3.63, 3.8) is 0 Å². The molecule has 0 spiro atoms. The van der Waals surface area contributed by atoms with E-state index in [0.717, 1.165) is 17.0 Å². The highest BCUT2D eigenvalue weighted by atomic mass is 35.5. The number of anilines is 1. The summed E-state index contributed by atoms with van der Waals surface area (Å²) in [5, 5.41) is 12.1. The fourth-order valence-electron chi connectivity index (χ4n) is 3.08. The second kappa shape index (κ2) is 7.97. The molecule has 1 aromatic carbocycles. The first-order chi connectivity index (χ1) is 14.0. The molecule has 0 radical (unpaired) electrons. The van der Waals surface area contributed by atoms with Crippen LogP contribution in [0.3, 0.4) is 0 Å². The van der Waals surface area contributed by atoms with Gasteiger partial charge in [-0.05, 0) is 49.7 Å². The molecule has 0 aliphatic rings. The number of rotatable bonds is 6. The zero-order chi connectivity index (χ0) is 20.4. The van der Waals surface area contributed by atoms with E-state index in [0.29, 0.717) is 29.6 Å². The van der Waals surface area contributed by atoms with Gasteiger partial charge in [-0.2, -0.15) is 10.2 Å². The first-order valence-corrected chi connectivity index (χ1v) is 9.53. The van der Waals surface area contributed by atoms with Crippen LogP contribution in [0, 0.1) is 13.8 Å². The molecule has 4 aromatic rings. The quantitative estimate of drug-likeness (QED) is 0.515. The Morgan fingerprint density at radius 1 is 1.17 bits per heavy atom. The van der Waals surface area contributed by atoms with Gasteiger partial charge < -0.3 is 9.73 Å². The normalized spacial score (nSPS) is 11.0. The fourth-order valence-corrected chi connectivity index (χ4v) is 3.22. The van der Waals surface area contributed by atoms with E-state index in [2.05, 4.69) is 15.5 Å². The van der Waals surface area contributed by atoms with Crippen molar-refractivity contribution < 1.29 is 9.21 Å². The lowest BCUT2D eigenvalue weighted by atomic mass is 10.2. The number of carbonyl (C=O) groups is 1. The van der Waals surface area contributed by atoms with Crippen LogP contribution in [0.5, 0.6) is 0 Å². The van der Waals surface area contributed by atoms with Gasteiger partial charge in [-0.3, -0.25) is 14.2 Å². The second-order valence-electron chi connectivity index (χ2n) is 6.77. The first kappa shape index (κ1) is 19.0. The Morgan fingerprint density at radius 2 is 2.03 bits per heavy atom. The molecule has 8 heteroatoms. The lowest BCUT2D eigenvalue weighted by Crippen LogP contribution is -2.11. The number of benzene rings is 1. The van der Waals surface area contributed by atoms with Crippen LogP contribution in [0.25, 0.3) is 0 Å². The van der Waals surface area contributed by atoms with Crippen LogP contribution in [0.15, 0.2) is 59.3 Å². The van der Waals surface area contributed by atoms with Gasteiger partial charge in [0.25, 0.3) is 5.91 Å². The SMILES string of the molecule is Cc1nn(Cc2ccc(C(=O)Nc3cccc(Cn4cccn4)c3)o2)c(C)c1Cl. The highest BCUT2D eigenvalue weighted by Gasteiger charge is 2.15. The predicted octanol–water partition coefficient (Wildman–Crippen LogP) is 4.29. The van der Waals surface area contributed by atoms with Crippen LogP contribution in [-0.4, -0.2) is 25.5 Å². The number of carbonyl (C=O) groups excluding carboxylic acids is 1. The van der Waals surface area contributed by atoms with E-state index in [9.17, 15) is 4.79 Å². The van der Waals surface area contributed by atoms with E-state index in [1.807, 2.05) is 55.1 Å². The Labute approximate surface area is 172 Å². The molecule has 0 aliphatic carbocycles. The molecule has 0 unspecified atom stereocenters. The number of aryl methyl sites for hydroxylation is 1. The molecule has 4 rings (SSSR count). The zero-order valence-electron chi connectivity index (χ0n) is 16.1. The van der Waals surface area contributed by atoms with E-state index in [1.54, 1.807) is 23.0 Å².